The number of pyridine rings is 1. The topological polar surface area (TPSA) is 79.3 Å². The quantitative estimate of drug-likeness (QED) is 0.857. The van der Waals surface area contributed by atoms with E-state index in [0.717, 1.165) is 0 Å². The van der Waals surface area contributed by atoms with Crippen LogP contribution in [0.3, 0.4) is 0 Å². The Kier molecular flexibility index (Phi) is 5.02. The van der Waals surface area contributed by atoms with Gasteiger partial charge in [0.1, 0.15) is 5.82 Å². The van der Waals surface area contributed by atoms with Gasteiger partial charge in [0.25, 0.3) is 5.91 Å². The number of nitrogens with zero attached hydrogens (tertiary/aromatic N) is 1. The lowest BCUT2D eigenvalue weighted by atomic mass is 9.83. The molecule has 0 radical (unpaired) electrons. The van der Waals surface area contributed by atoms with E-state index in [1.807, 2.05) is 6.92 Å². The molecule has 1 aromatic carbocycles. The lowest BCUT2D eigenvalue weighted by Crippen LogP contribution is -2.35. The maximum absolute atomic E-state index is 13.3. The first-order valence-corrected chi connectivity index (χ1v) is 8.70. The third-order valence-electron chi connectivity index (χ3n) is 5.22. The summed E-state index contributed by atoms with van der Waals surface area (Å²) in [7, 11) is 0. The van der Waals surface area contributed by atoms with Gasteiger partial charge < -0.3 is 10.4 Å². The van der Waals surface area contributed by atoms with Crippen molar-refractivity contribution in [3.05, 3.63) is 54.0 Å². The smallest absolute Gasteiger partial charge is 0.309 e. The van der Waals surface area contributed by atoms with Gasteiger partial charge in [-0.1, -0.05) is 19.1 Å². The van der Waals surface area contributed by atoms with Gasteiger partial charge in [-0.2, -0.15) is 0 Å². The Bertz CT molecular complexity index is 822. The molecule has 0 saturated heterocycles. The molecule has 1 heterocycles. The van der Waals surface area contributed by atoms with E-state index < -0.39 is 11.4 Å². The van der Waals surface area contributed by atoms with Gasteiger partial charge in [-0.25, -0.2) is 4.39 Å². The van der Waals surface area contributed by atoms with Crippen molar-refractivity contribution >= 4 is 11.9 Å². The molecule has 0 bridgehead atoms. The van der Waals surface area contributed by atoms with Gasteiger partial charge in [-0.15, -0.1) is 0 Å². The Hall–Kier alpha value is -2.76. The molecule has 1 amide bonds. The fourth-order valence-corrected chi connectivity index (χ4v) is 3.53. The Morgan fingerprint density at radius 2 is 2.15 bits per heavy atom. The minimum absolute atomic E-state index is 0.151. The zero-order chi connectivity index (χ0) is 18.7. The molecule has 6 heteroatoms. The van der Waals surface area contributed by atoms with Crippen LogP contribution in [-0.2, 0) is 4.79 Å². The van der Waals surface area contributed by atoms with Crippen LogP contribution in [0.25, 0.3) is 11.3 Å². The molecule has 2 atom stereocenters. The number of hydrogen-bond donors (Lipinski definition) is 2. The minimum Gasteiger partial charge on any atom is -0.481 e. The molecule has 5 nitrogen and oxygen atoms in total. The molecule has 1 aliphatic carbocycles. The second kappa shape index (κ2) is 7.23. The van der Waals surface area contributed by atoms with Crippen LogP contribution in [0, 0.1) is 11.2 Å². The molecule has 1 saturated carbocycles. The van der Waals surface area contributed by atoms with E-state index in [-0.39, 0.29) is 17.8 Å². The van der Waals surface area contributed by atoms with Crippen LogP contribution in [0.15, 0.2) is 42.6 Å². The van der Waals surface area contributed by atoms with Gasteiger partial charge in [0.2, 0.25) is 0 Å². The molecule has 0 unspecified atom stereocenters. The Balaban J connectivity index is 1.67. The van der Waals surface area contributed by atoms with E-state index in [2.05, 4.69) is 10.3 Å². The standard InChI is InChI=1S/C20H21FN2O3/c1-2-20(19(25)26)9-8-16(11-20)23-18(24)14-6-7-17(22-12-14)13-4-3-5-15(21)10-13/h3-7,10,12,16H,2,8-9,11H2,1H3,(H,23,24)(H,25,26)/t16-,20+/m1/s1. The average Bonchev–Trinajstić information content (AvgIpc) is 3.06. The third kappa shape index (κ3) is 3.59. The van der Waals surface area contributed by atoms with Crippen LogP contribution in [-0.4, -0.2) is 28.0 Å². The van der Waals surface area contributed by atoms with Crippen molar-refractivity contribution in [3.63, 3.8) is 0 Å². The lowest BCUT2D eigenvalue weighted by molar-refractivity contribution is -0.148. The summed E-state index contributed by atoms with van der Waals surface area (Å²) in [5, 5.41) is 12.3. The van der Waals surface area contributed by atoms with E-state index in [4.69, 9.17) is 0 Å². The summed E-state index contributed by atoms with van der Waals surface area (Å²) in [5.41, 5.74) is 0.881. The maximum Gasteiger partial charge on any atom is 0.309 e. The predicted molar refractivity (Wildman–Crippen MR) is 95.1 cm³/mol. The van der Waals surface area contributed by atoms with Crippen molar-refractivity contribution in [2.24, 2.45) is 5.41 Å². The number of carbonyl (C=O) groups is 2. The molecule has 136 valence electrons. The summed E-state index contributed by atoms with van der Waals surface area (Å²) in [4.78, 5) is 28.2. The summed E-state index contributed by atoms with van der Waals surface area (Å²) in [5.74, 6) is -1.41. The fraction of sp³-hybridized carbons (Fsp3) is 0.350. The van der Waals surface area contributed by atoms with Gasteiger partial charge in [0.05, 0.1) is 16.7 Å². The van der Waals surface area contributed by atoms with E-state index in [0.29, 0.717) is 42.5 Å². The normalized spacial score (nSPS) is 22.2. The zero-order valence-corrected chi connectivity index (χ0v) is 14.5. The van der Waals surface area contributed by atoms with Crippen LogP contribution in [0.1, 0.15) is 43.0 Å². The van der Waals surface area contributed by atoms with Crippen molar-refractivity contribution in [1.29, 1.82) is 0 Å². The third-order valence-corrected chi connectivity index (χ3v) is 5.22. The molecule has 1 fully saturated rings. The minimum atomic E-state index is -0.794. The lowest BCUT2D eigenvalue weighted by Gasteiger charge is -2.22. The Morgan fingerprint density at radius 1 is 1.35 bits per heavy atom. The molecule has 1 aromatic heterocycles. The molecule has 0 spiro atoms. The van der Waals surface area contributed by atoms with Crippen LogP contribution in [0.4, 0.5) is 4.39 Å². The van der Waals surface area contributed by atoms with Crippen molar-refractivity contribution in [3.8, 4) is 11.3 Å². The number of aliphatic carboxylic acids is 1. The van der Waals surface area contributed by atoms with Crippen molar-refractivity contribution in [2.75, 3.05) is 0 Å². The van der Waals surface area contributed by atoms with Gasteiger partial charge in [0.15, 0.2) is 0 Å². The molecular formula is C20H21FN2O3. The van der Waals surface area contributed by atoms with Crippen molar-refractivity contribution < 1.29 is 19.1 Å². The zero-order valence-electron chi connectivity index (χ0n) is 14.5. The van der Waals surface area contributed by atoms with Gasteiger partial charge in [-0.05, 0) is 49.9 Å². The number of halogens is 1. The van der Waals surface area contributed by atoms with E-state index in [1.165, 1.54) is 18.3 Å². The number of benzene rings is 1. The number of amides is 1. The summed E-state index contributed by atoms with van der Waals surface area (Å²) >= 11 is 0. The Labute approximate surface area is 151 Å². The molecule has 26 heavy (non-hydrogen) atoms. The first-order valence-electron chi connectivity index (χ1n) is 8.70. The van der Waals surface area contributed by atoms with Crippen LogP contribution < -0.4 is 5.32 Å². The summed E-state index contributed by atoms with van der Waals surface area (Å²) in [6, 6.07) is 9.27. The molecule has 2 N–H and O–H groups in total. The number of carboxylic acids is 1. The van der Waals surface area contributed by atoms with E-state index in [1.54, 1.807) is 24.3 Å². The first-order chi connectivity index (χ1) is 12.4. The highest BCUT2D eigenvalue weighted by Crippen LogP contribution is 2.41. The second-order valence-electron chi connectivity index (χ2n) is 6.79. The number of rotatable bonds is 5. The average molecular weight is 356 g/mol. The monoisotopic (exact) mass is 356 g/mol. The van der Waals surface area contributed by atoms with E-state index >= 15 is 0 Å². The SMILES string of the molecule is CC[C@]1(C(=O)O)CC[C@@H](NC(=O)c2ccc(-c3cccc(F)c3)nc2)C1. The van der Waals surface area contributed by atoms with Crippen molar-refractivity contribution in [1.82, 2.24) is 10.3 Å². The highest BCUT2D eigenvalue weighted by Gasteiger charge is 2.44. The van der Waals surface area contributed by atoms with E-state index in [9.17, 15) is 19.1 Å². The second-order valence-corrected chi connectivity index (χ2v) is 6.79. The number of nitrogens with one attached hydrogen (secondary N) is 1. The van der Waals surface area contributed by atoms with Gasteiger partial charge in [0, 0.05) is 17.8 Å². The number of aromatic nitrogens is 1. The molecule has 0 aliphatic heterocycles. The van der Waals surface area contributed by atoms with Crippen LogP contribution >= 0.6 is 0 Å². The molecule has 3 rings (SSSR count). The highest BCUT2D eigenvalue weighted by atomic mass is 19.1. The fourth-order valence-electron chi connectivity index (χ4n) is 3.53. The molecule has 1 aliphatic rings. The highest BCUT2D eigenvalue weighted by molar-refractivity contribution is 5.94. The molecular weight excluding hydrogens is 335 g/mol. The summed E-state index contributed by atoms with van der Waals surface area (Å²) < 4.78 is 13.3. The van der Waals surface area contributed by atoms with Gasteiger partial charge >= 0.3 is 5.97 Å². The predicted octanol–water partition coefficient (Wildman–Crippen LogP) is 3.65. The number of carboxylic acid groups (broad SMARTS) is 1. The summed E-state index contributed by atoms with van der Waals surface area (Å²) in [6.45, 7) is 1.87. The van der Waals surface area contributed by atoms with Crippen molar-refractivity contribution in [2.45, 2.75) is 38.6 Å². The van der Waals surface area contributed by atoms with Crippen LogP contribution in [0.2, 0.25) is 0 Å². The summed E-state index contributed by atoms with van der Waals surface area (Å²) in [6.07, 6.45) is 3.67. The maximum atomic E-state index is 13.3. The Morgan fingerprint density at radius 3 is 2.73 bits per heavy atom. The first kappa shape index (κ1) is 18.0. The number of carbonyl (C=O) groups excluding carboxylic acids is 1. The van der Waals surface area contributed by atoms with Crippen LogP contribution in [0.5, 0.6) is 0 Å². The van der Waals surface area contributed by atoms with Gasteiger partial charge in [-0.3, -0.25) is 14.6 Å². The number of hydrogen-bond acceptors (Lipinski definition) is 3. The largest absolute Gasteiger partial charge is 0.481 e. The molecule has 2 aromatic rings.